The van der Waals surface area contributed by atoms with Crippen molar-refractivity contribution < 1.29 is 23.9 Å². The quantitative estimate of drug-likeness (QED) is 0.301. The van der Waals surface area contributed by atoms with Crippen LogP contribution in [0, 0.1) is 17.2 Å². The monoisotopic (exact) mass is 565 g/mol. The molecule has 206 valence electrons. The lowest BCUT2D eigenvalue weighted by Gasteiger charge is -2.30. The van der Waals surface area contributed by atoms with E-state index in [1.54, 1.807) is 60.0 Å². The van der Waals surface area contributed by atoms with Gasteiger partial charge in [0.2, 0.25) is 5.91 Å². The first-order chi connectivity index (χ1) is 19.9. The van der Waals surface area contributed by atoms with Crippen LogP contribution in [0.2, 0.25) is 0 Å². The number of amides is 2. The Morgan fingerprint density at radius 3 is 2.17 bits per heavy atom. The lowest BCUT2D eigenvalue weighted by atomic mass is 9.76. The summed E-state index contributed by atoms with van der Waals surface area (Å²) in [5.41, 5.74) is 8.14. The van der Waals surface area contributed by atoms with Gasteiger partial charge in [0.1, 0.15) is 6.04 Å². The molecule has 4 aromatic rings. The van der Waals surface area contributed by atoms with Crippen LogP contribution >= 0.6 is 11.3 Å². The van der Waals surface area contributed by atoms with E-state index in [-0.39, 0.29) is 5.78 Å². The van der Waals surface area contributed by atoms with Crippen LogP contribution in [0.1, 0.15) is 48.7 Å². The Labute approximate surface area is 241 Å². The van der Waals surface area contributed by atoms with Crippen molar-refractivity contribution in [2.45, 2.75) is 18.0 Å². The van der Waals surface area contributed by atoms with Gasteiger partial charge in [-0.05, 0) is 46.8 Å². The number of ketones is 1. The molecule has 0 spiro atoms. The van der Waals surface area contributed by atoms with E-state index in [9.17, 15) is 19.6 Å². The number of hydrogen-bond donors (Lipinski definition) is 1. The summed E-state index contributed by atoms with van der Waals surface area (Å²) in [4.78, 5) is 43.9. The maximum Gasteiger partial charge on any atom is 0.265 e. The molecule has 2 N–H and O–H groups in total. The SMILES string of the molecule is COc1ccc(C2C(C(=O)c3ccc(C#N)cc3)C(c3ccccc3)N(C(=O)c3cccs3)C2C(N)=O)cc1OC. The topological polar surface area (TPSA) is 123 Å². The molecule has 0 saturated carbocycles. The van der Waals surface area contributed by atoms with Gasteiger partial charge in [0.05, 0.1) is 42.7 Å². The number of methoxy groups -OCH3 is 2. The number of nitriles is 1. The first kappa shape index (κ1) is 27.6. The van der Waals surface area contributed by atoms with E-state index in [2.05, 4.69) is 6.07 Å². The van der Waals surface area contributed by atoms with Gasteiger partial charge in [-0.3, -0.25) is 14.4 Å². The minimum atomic E-state index is -1.15. The minimum Gasteiger partial charge on any atom is -0.493 e. The van der Waals surface area contributed by atoms with Crippen LogP contribution in [0.25, 0.3) is 0 Å². The molecule has 0 aliphatic carbocycles. The van der Waals surface area contributed by atoms with Crippen LogP contribution in [0.4, 0.5) is 0 Å². The molecule has 1 fully saturated rings. The second-order valence-electron chi connectivity index (χ2n) is 9.61. The number of rotatable bonds is 8. The fourth-order valence-electron chi connectivity index (χ4n) is 5.68. The van der Waals surface area contributed by atoms with Gasteiger partial charge in [0.25, 0.3) is 5.91 Å². The zero-order chi connectivity index (χ0) is 29.1. The van der Waals surface area contributed by atoms with Gasteiger partial charge < -0.3 is 20.1 Å². The molecule has 8 nitrogen and oxygen atoms in total. The highest BCUT2D eigenvalue weighted by atomic mass is 32.1. The second kappa shape index (κ2) is 11.7. The molecule has 4 atom stereocenters. The van der Waals surface area contributed by atoms with Gasteiger partial charge in [-0.1, -0.05) is 54.6 Å². The summed E-state index contributed by atoms with van der Waals surface area (Å²) in [6.07, 6.45) is 0. The first-order valence-corrected chi connectivity index (χ1v) is 13.7. The number of likely N-dealkylation sites (tertiary alicyclic amines) is 1. The Hall–Kier alpha value is -4.94. The summed E-state index contributed by atoms with van der Waals surface area (Å²) in [5, 5.41) is 11.1. The van der Waals surface area contributed by atoms with Crippen molar-refractivity contribution >= 4 is 28.9 Å². The minimum absolute atomic E-state index is 0.282. The number of primary amides is 1. The predicted molar refractivity (Wildman–Crippen MR) is 154 cm³/mol. The van der Waals surface area contributed by atoms with Crippen molar-refractivity contribution in [3.63, 3.8) is 0 Å². The number of ether oxygens (including phenoxy) is 2. The smallest absolute Gasteiger partial charge is 0.265 e. The molecule has 1 aliphatic rings. The normalized spacial score (nSPS) is 19.8. The lowest BCUT2D eigenvalue weighted by molar-refractivity contribution is -0.122. The van der Waals surface area contributed by atoms with E-state index >= 15 is 0 Å². The summed E-state index contributed by atoms with van der Waals surface area (Å²) in [6, 6.07) is 24.3. The van der Waals surface area contributed by atoms with Crippen molar-refractivity contribution in [2.24, 2.45) is 11.7 Å². The molecule has 1 aromatic heterocycles. The number of nitrogens with two attached hydrogens (primary N) is 1. The Morgan fingerprint density at radius 1 is 0.878 bits per heavy atom. The molecule has 0 bridgehead atoms. The summed E-state index contributed by atoms with van der Waals surface area (Å²) in [7, 11) is 3.02. The number of thiophene rings is 1. The van der Waals surface area contributed by atoms with Crippen molar-refractivity contribution in [3.8, 4) is 17.6 Å². The van der Waals surface area contributed by atoms with E-state index < -0.39 is 35.7 Å². The average molecular weight is 566 g/mol. The Bertz CT molecular complexity index is 1610. The summed E-state index contributed by atoms with van der Waals surface area (Å²) < 4.78 is 11.0. The summed E-state index contributed by atoms with van der Waals surface area (Å²) >= 11 is 1.25. The number of carbonyl (C=O) groups is 3. The largest absolute Gasteiger partial charge is 0.493 e. The molecule has 9 heteroatoms. The molecule has 41 heavy (non-hydrogen) atoms. The third-order valence-electron chi connectivity index (χ3n) is 7.46. The fraction of sp³-hybridized carbons (Fsp3) is 0.188. The van der Waals surface area contributed by atoms with Crippen LogP contribution in [-0.4, -0.2) is 42.8 Å². The zero-order valence-corrected chi connectivity index (χ0v) is 23.2. The van der Waals surface area contributed by atoms with E-state index in [4.69, 9.17) is 15.2 Å². The van der Waals surface area contributed by atoms with Crippen molar-refractivity contribution in [1.29, 1.82) is 5.26 Å². The Kier molecular flexibility index (Phi) is 7.86. The third-order valence-corrected chi connectivity index (χ3v) is 8.32. The molecular weight excluding hydrogens is 538 g/mol. The molecule has 3 aromatic carbocycles. The van der Waals surface area contributed by atoms with Crippen LogP contribution in [0.15, 0.2) is 90.3 Å². The number of nitrogens with zero attached hydrogens (tertiary/aromatic N) is 2. The molecule has 0 radical (unpaired) electrons. The molecular formula is C32H27N3O5S. The first-order valence-electron chi connectivity index (χ1n) is 12.9. The summed E-state index contributed by atoms with van der Waals surface area (Å²) in [5.74, 6) is -2.22. The molecule has 1 aliphatic heterocycles. The van der Waals surface area contributed by atoms with Gasteiger partial charge in [-0.15, -0.1) is 11.3 Å². The maximum absolute atomic E-state index is 14.5. The van der Waals surface area contributed by atoms with Gasteiger partial charge in [-0.25, -0.2) is 0 Å². The lowest BCUT2D eigenvalue weighted by Crippen LogP contribution is -2.46. The van der Waals surface area contributed by atoms with E-state index in [0.29, 0.717) is 38.6 Å². The van der Waals surface area contributed by atoms with E-state index in [1.165, 1.54) is 30.5 Å². The number of benzene rings is 3. The van der Waals surface area contributed by atoms with Gasteiger partial charge in [-0.2, -0.15) is 5.26 Å². The van der Waals surface area contributed by atoms with Gasteiger partial charge in [0, 0.05) is 11.5 Å². The van der Waals surface area contributed by atoms with Crippen LogP contribution in [0.3, 0.4) is 0 Å². The van der Waals surface area contributed by atoms with E-state index in [1.807, 2.05) is 30.3 Å². The molecule has 1 saturated heterocycles. The average Bonchev–Trinajstić information content (AvgIpc) is 3.68. The van der Waals surface area contributed by atoms with Crippen LogP contribution < -0.4 is 15.2 Å². The van der Waals surface area contributed by atoms with Gasteiger partial charge in [0.15, 0.2) is 17.3 Å². The van der Waals surface area contributed by atoms with Crippen LogP contribution in [0.5, 0.6) is 11.5 Å². The highest BCUT2D eigenvalue weighted by Gasteiger charge is 2.57. The Balaban J connectivity index is 1.77. The molecule has 2 heterocycles. The molecule has 2 amide bonds. The van der Waals surface area contributed by atoms with E-state index in [0.717, 1.165) is 0 Å². The zero-order valence-electron chi connectivity index (χ0n) is 22.4. The van der Waals surface area contributed by atoms with Crippen molar-refractivity contribution in [3.05, 3.63) is 117 Å². The summed E-state index contributed by atoms with van der Waals surface area (Å²) in [6.45, 7) is 0. The third kappa shape index (κ3) is 5.06. The van der Waals surface area contributed by atoms with Gasteiger partial charge >= 0.3 is 0 Å². The predicted octanol–water partition coefficient (Wildman–Crippen LogP) is 4.97. The van der Waals surface area contributed by atoms with Crippen molar-refractivity contribution in [1.82, 2.24) is 4.90 Å². The molecule has 4 unspecified atom stereocenters. The highest BCUT2D eigenvalue weighted by Crippen LogP contribution is 2.52. The van der Waals surface area contributed by atoms with Crippen LogP contribution in [-0.2, 0) is 4.79 Å². The number of Topliss-reactive ketones (excluding diaryl/α,β-unsaturated/α-hetero) is 1. The fourth-order valence-corrected chi connectivity index (χ4v) is 6.35. The Morgan fingerprint density at radius 2 is 1.59 bits per heavy atom. The van der Waals surface area contributed by atoms with Crippen molar-refractivity contribution in [2.75, 3.05) is 14.2 Å². The number of hydrogen-bond acceptors (Lipinski definition) is 7. The second-order valence-corrected chi connectivity index (χ2v) is 10.6. The maximum atomic E-state index is 14.5. The molecule has 5 rings (SSSR count). The number of carbonyl (C=O) groups excluding carboxylic acids is 3. The highest BCUT2D eigenvalue weighted by molar-refractivity contribution is 7.12. The standard InChI is InChI=1S/C32H27N3O5S/c1-39-23-15-14-22(17-24(23)40-2)26-27(30(36)21-12-10-19(18-33)11-13-21)28(20-7-4-3-5-8-20)35(29(26)31(34)37)32(38)25-9-6-16-41-25/h3-17,26-29H,1-2H3,(H2,34,37).